The zero-order chi connectivity index (χ0) is 13.8. The summed E-state index contributed by atoms with van der Waals surface area (Å²) in [5.74, 6) is 0. The predicted octanol–water partition coefficient (Wildman–Crippen LogP) is 3.89. The van der Waals surface area contributed by atoms with Gasteiger partial charge in [0.05, 0.1) is 11.1 Å². The quantitative estimate of drug-likeness (QED) is 0.482. The number of anilines is 1. The molecule has 1 heterocycles. The highest BCUT2D eigenvalue weighted by Crippen LogP contribution is 2.30. The van der Waals surface area contributed by atoms with E-state index in [1.807, 2.05) is 17.5 Å². The molecule has 19 heavy (non-hydrogen) atoms. The number of hydrazone groups is 1. The minimum absolute atomic E-state index is 0.0141. The fraction of sp³-hybridized carbons (Fsp3) is 0.0833. The molecule has 0 aliphatic carbocycles. The Hall–Kier alpha value is -1.73. The molecule has 0 unspecified atom stereocenters. The molecule has 0 aliphatic rings. The van der Waals surface area contributed by atoms with Crippen LogP contribution in [0.3, 0.4) is 0 Å². The summed E-state index contributed by atoms with van der Waals surface area (Å²) in [4.78, 5) is 11.6. The number of nitro benzene ring substituents is 1. The highest BCUT2D eigenvalue weighted by Gasteiger charge is 2.17. The van der Waals surface area contributed by atoms with Crippen molar-refractivity contribution in [2.75, 3.05) is 12.1 Å². The van der Waals surface area contributed by atoms with E-state index in [0.29, 0.717) is 10.2 Å². The van der Waals surface area contributed by atoms with E-state index in [-0.39, 0.29) is 5.69 Å². The fourth-order valence-electron chi connectivity index (χ4n) is 1.49. The predicted molar refractivity (Wildman–Crippen MR) is 81.1 cm³/mol. The number of benzene rings is 1. The third-order valence-corrected chi connectivity index (χ3v) is 3.68. The van der Waals surface area contributed by atoms with Gasteiger partial charge >= 0.3 is 0 Å². The van der Waals surface area contributed by atoms with Gasteiger partial charge in [-0.25, -0.2) is 0 Å². The molecular weight excluding hydrogens is 330 g/mol. The second kappa shape index (κ2) is 5.94. The summed E-state index contributed by atoms with van der Waals surface area (Å²) < 4.78 is 0.665. The molecule has 0 atom stereocenters. The first-order valence-corrected chi connectivity index (χ1v) is 7.00. The van der Waals surface area contributed by atoms with Gasteiger partial charge in [-0.15, -0.1) is 11.3 Å². The Labute approximate surface area is 122 Å². The summed E-state index contributed by atoms with van der Waals surface area (Å²) in [6.45, 7) is 0. The maximum Gasteiger partial charge on any atom is 0.295 e. The number of hydrogen-bond acceptors (Lipinski definition) is 5. The van der Waals surface area contributed by atoms with Gasteiger partial charge in [-0.1, -0.05) is 22.0 Å². The SMILES string of the molecule is CN(/N=C\c1cccs1)c1ccc(Br)cc1[N+](=O)[O-]. The number of rotatable bonds is 4. The second-order valence-electron chi connectivity index (χ2n) is 3.67. The van der Waals surface area contributed by atoms with Crippen LogP contribution < -0.4 is 5.01 Å². The lowest BCUT2D eigenvalue weighted by molar-refractivity contribution is -0.384. The van der Waals surface area contributed by atoms with Crippen LogP contribution in [0.5, 0.6) is 0 Å². The van der Waals surface area contributed by atoms with E-state index in [2.05, 4.69) is 21.0 Å². The first-order valence-electron chi connectivity index (χ1n) is 5.33. The van der Waals surface area contributed by atoms with Crippen LogP contribution in [0.2, 0.25) is 0 Å². The smallest absolute Gasteiger partial charge is 0.262 e. The molecule has 0 radical (unpaired) electrons. The standard InChI is InChI=1S/C12H10BrN3O2S/c1-15(14-8-10-3-2-6-19-10)11-5-4-9(13)7-12(11)16(17)18/h2-8H,1H3/b14-8-. The molecule has 7 heteroatoms. The molecule has 0 spiro atoms. The Bertz CT molecular complexity index is 613. The molecule has 98 valence electrons. The zero-order valence-electron chi connectivity index (χ0n) is 9.99. The van der Waals surface area contributed by atoms with Gasteiger partial charge in [0.1, 0.15) is 5.69 Å². The molecular formula is C12H10BrN3O2S. The Morgan fingerprint density at radius 1 is 1.47 bits per heavy atom. The van der Waals surface area contributed by atoms with Crippen LogP contribution in [0.1, 0.15) is 4.88 Å². The van der Waals surface area contributed by atoms with Crippen molar-refractivity contribution in [1.82, 2.24) is 0 Å². The number of halogens is 1. The molecule has 0 N–H and O–H groups in total. The van der Waals surface area contributed by atoms with E-state index < -0.39 is 4.92 Å². The molecule has 5 nitrogen and oxygen atoms in total. The monoisotopic (exact) mass is 339 g/mol. The average molecular weight is 340 g/mol. The largest absolute Gasteiger partial charge is 0.295 e. The van der Waals surface area contributed by atoms with Crippen LogP contribution in [0.4, 0.5) is 11.4 Å². The van der Waals surface area contributed by atoms with Crippen molar-refractivity contribution in [3.63, 3.8) is 0 Å². The van der Waals surface area contributed by atoms with E-state index in [4.69, 9.17) is 0 Å². The van der Waals surface area contributed by atoms with Crippen molar-refractivity contribution in [1.29, 1.82) is 0 Å². The summed E-state index contributed by atoms with van der Waals surface area (Å²) in [7, 11) is 1.68. The number of thiophene rings is 1. The van der Waals surface area contributed by atoms with Crippen LogP contribution in [-0.2, 0) is 0 Å². The molecule has 2 aromatic rings. The maximum atomic E-state index is 11.0. The fourth-order valence-corrected chi connectivity index (χ4v) is 2.42. The van der Waals surface area contributed by atoms with Gasteiger partial charge in [-0.2, -0.15) is 5.10 Å². The Balaban J connectivity index is 2.28. The molecule has 0 amide bonds. The van der Waals surface area contributed by atoms with Gasteiger partial charge in [0.2, 0.25) is 0 Å². The van der Waals surface area contributed by atoms with Gasteiger partial charge in [0.15, 0.2) is 0 Å². The van der Waals surface area contributed by atoms with Crippen molar-refractivity contribution in [3.8, 4) is 0 Å². The molecule has 0 saturated heterocycles. The highest BCUT2D eigenvalue weighted by molar-refractivity contribution is 9.10. The molecule has 0 bridgehead atoms. The van der Waals surface area contributed by atoms with E-state index in [1.54, 1.807) is 36.7 Å². The van der Waals surface area contributed by atoms with Gasteiger partial charge < -0.3 is 0 Å². The molecule has 1 aromatic carbocycles. The Morgan fingerprint density at radius 3 is 2.89 bits per heavy atom. The van der Waals surface area contributed by atoms with Gasteiger partial charge in [0.25, 0.3) is 5.69 Å². The van der Waals surface area contributed by atoms with Gasteiger partial charge in [0, 0.05) is 22.5 Å². The van der Waals surface area contributed by atoms with E-state index in [9.17, 15) is 10.1 Å². The lowest BCUT2D eigenvalue weighted by Gasteiger charge is -2.12. The maximum absolute atomic E-state index is 11.0. The van der Waals surface area contributed by atoms with Gasteiger partial charge in [-0.3, -0.25) is 15.1 Å². The van der Waals surface area contributed by atoms with Crippen molar-refractivity contribution >= 4 is 44.9 Å². The molecule has 2 rings (SSSR count). The van der Waals surface area contributed by atoms with Crippen molar-refractivity contribution < 1.29 is 4.92 Å². The molecule has 0 saturated carbocycles. The summed E-state index contributed by atoms with van der Waals surface area (Å²) in [6, 6.07) is 8.73. The van der Waals surface area contributed by atoms with Crippen molar-refractivity contribution in [2.24, 2.45) is 5.10 Å². The third-order valence-electron chi connectivity index (χ3n) is 2.38. The third kappa shape index (κ3) is 3.39. The van der Waals surface area contributed by atoms with Crippen LogP contribution in [0, 0.1) is 10.1 Å². The first kappa shape index (κ1) is 13.7. The number of nitrogens with zero attached hydrogens (tertiary/aromatic N) is 3. The van der Waals surface area contributed by atoms with Gasteiger partial charge in [-0.05, 0) is 23.6 Å². The lowest BCUT2D eigenvalue weighted by Crippen LogP contribution is -2.11. The first-order chi connectivity index (χ1) is 9.08. The summed E-state index contributed by atoms with van der Waals surface area (Å²) in [6.07, 6.45) is 1.68. The topological polar surface area (TPSA) is 58.7 Å². The second-order valence-corrected chi connectivity index (χ2v) is 5.57. The average Bonchev–Trinajstić information content (AvgIpc) is 2.88. The lowest BCUT2D eigenvalue weighted by atomic mass is 10.2. The summed E-state index contributed by atoms with van der Waals surface area (Å²) >= 11 is 4.78. The van der Waals surface area contributed by atoms with Crippen LogP contribution in [0.25, 0.3) is 0 Å². The molecule has 0 fully saturated rings. The molecule has 1 aromatic heterocycles. The van der Waals surface area contributed by atoms with E-state index in [0.717, 1.165) is 4.88 Å². The van der Waals surface area contributed by atoms with Crippen LogP contribution >= 0.6 is 27.3 Å². The van der Waals surface area contributed by atoms with E-state index >= 15 is 0 Å². The number of nitro groups is 1. The Morgan fingerprint density at radius 2 is 2.26 bits per heavy atom. The van der Waals surface area contributed by atoms with Crippen LogP contribution in [-0.4, -0.2) is 18.2 Å². The summed E-state index contributed by atoms with van der Waals surface area (Å²) in [5.41, 5.74) is 0.459. The zero-order valence-corrected chi connectivity index (χ0v) is 12.4. The minimum atomic E-state index is -0.419. The van der Waals surface area contributed by atoms with Crippen molar-refractivity contribution in [2.45, 2.75) is 0 Å². The summed E-state index contributed by atoms with van der Waals surface area (Å²) in [5, 5.41) is 18.7. The normalized spacial score (nSPS) is 10.8. The minimum Gasteiger partial charge on any atom is -0.262 e. The van der Waals surface area contributed by atoms with Crippen LogP contribution in [0.15, 0.2) is 45.3 Å². The highest BCUT2D eigenvalue weighted by atomic mass is 79.9. The van der Waals surface area contributed by atoms with Crippen molar-refractivity contribution in [3.05, 3.63) is 55.2 Å². The Kier molecular flexibility index (Phi) is 4.28. The molecule has 0 aliphatic heterocycles. The number of hydrogen-bond donors (Lipinski definition) is 0. The van der Waals surface area contributed by atoms with E-state index in [1.165, 1.54) is 11.1 Å².